The molecule has 84 valence electrons. The number of nitrogens with zero attached hydrogens (tertiary/aromatic N) is 2. The average molecular weight is 236 g/mol. The maximum Gasteiger partial charge on any atom is 0.256 e. The van der Waals surface area contributed by atoms with E-state index < -0.39 is 0 Å². The minimum atomic E-state index is 0.654. The summed E-state index contributed by atoms with van der Waals surface area (Å²) in [5.74, 6) is 6.71. The molecule has 5 nitrogen and oxygen atoms in total. The van der Waals surface area contributed by atoms with Crippen molar-refractivity contribution >= 4 is 17.6 Å². The average Bonchev–Trinajstić information content (AvgIpc) is 2.73. The van der Waals surface area contributed by atoms with Crippen LogP contribution in [0.5, 0.6) is 0 Å². The van der Waals surface area contributed by atoms with Gasteiger partial charge >= 0.3 is 0 Å². The summed E-state index contributed by atoms with van der Waals surface area (Å²) in [6, 6.07) is 3.83. The van der Waals surface area contributed by atoms with Gasteiger partial charge in [0.05, 0.1) is 5.69 Å². The van der Waals surface area contributed by atoms with Gasteiger partial charge in [-0.05, 0) is 24.6 Å². The number of aromatic nitrogens is 2. The Balaban J connectivity index is 1.99. The van der Waals surface area contributed by atoms with Crippen LogP contribution < -0.4 is 11.3 Å². The Labute approximate surface area is 97.4 Å². The predicted molar refractivity (Wildman–Crippen MR) is 62.8 cm³/mol. The number of nitrogens with one attached hydrogen (secondary N) is 1. The highest BCUT2D eigenvalue weighted by atomic mass is 32.2. The highest BCUT2D eigenvalue weighted by Gasteiger charge is 2.02. The molecule has 0 aliphatic carbocycles. The molecular formula is C10H12N4OS. The van der Waals surface area contributed by atoms with Gasteiger partial charge in [-0.25, -0.2) is 15.8 Å². The van der Waals surface area contributed by atoms with Gasteiger partial charge in [0.1, 0.15) is 12.1 Å². The number of thioether (sulfide) groups is 1. The fraction of sp³-hybridized carbons (Fsp3) is 0.200. The number of anilines is 1. The van der Waals surface area contributed by atoms with Crippen molar-refractivity contribution < 1.29 is 4.42 Å². The summed E-state index contributed by atoms with van der Waals surface area (Å²) in [4.78, 5) is 8.24. The van der Waals surface area contributed by atoms with Gasteiger partial charge in [-0.15, -0.1) is 0 Å². The first kappa shape index (κ1) is 11.0. The zero-order valence-corrected chi connectivity index (χ0v) is 9.62. The number of hydrogen-bond acceptors (Lipinski definition) is 6. The van der Waals surface area contributed by atoms with Crippen LogP contribution in [0.15, 0.2) is 34.2 Å². The molecule has 0 bridgehead atoms. The summed E-state index contributed by atoms with van der Waals surface area (Å²) in [7, 11) is 0. The zero-order valence-electron chi connectivity index (χ0n) is 8.80. The van der Waals surface area contributed by atoms with Crippen LogP contribution in [-0.4, -0.2) is 9.97 Å². The van der Waals surface area contributed by atoms with Crippen molar-refractivity contribution in [1.29, 1.82) is 0 Å². The van der Waals surface area contributed by atoms with Crippen LogP contribution >= 0.6 is 11.8 Å². The second-order valence-electron chi connectivity index (χ2n) is 3.24. The number of oxazole rings is 1. The van der Waals surface area contributed by atoms with Crippen molar-refractivity contribution in [3.63, 3.8) is 0 Å². The monoisotopic (exact) mass is 236 g/mol. The lowest BCUT2D eigenvalue weighted by Gasteiger charge is -2.01. The second-order valence-corrected chi connectivity index (χ2v) is 4.16. The van der Waals surface area contributed by atoms with E-state index in [1.54, 1.807) is 12.5 Å². The van der Waals surface area contributed by atoms with E-state index in [0.29, 0.717) is 11.0 Å². The molecule has 0 spiro atoms. The van der Waals surface area contributed by atoms with Crippen molar-refractivity contribution in [2.24, 2.45) is 5.84 Å². The summed E-state index contributed by atoms with van der Waals surface area (Å²) in [6.45, 7) is 1.90. The molecular weight excluding hydrogens is 224 g/mol. The van der Waals surface area contributed by atoms with E-state index in [4.69, 9.17) is 10.3 Å². The maximum atomic E-state index is 5.28. The van der Waals surface area contributed by atoms with E-state index in [-0.39, 0.29) is 0 Å². The number of pyridine rings is 1. The summed E-state index contributed by atoms with van der Waals surface area (Å²) < 4.78 is 5.24. The molecule has 2 aromatic heterocycles. The molecule has 2 heterocycles. The molecule has 0 fully saturated rings. The number of rotatable bonds is 4. The third-order valence-corrected chi connectivity index (χ3v) is 2.84. The number of hydrogen-bond donors (Lipinski definition) is 2. The van der Waals surface area contributed by atoms with Gasteiger partial charge < -0.3 is 9.84 Å². The number of nitrogen functional groups attached to an aromatic ring is 1. The van der Waals surface area contributed by atoms with Gasteiger partial charge in [-0.2, -0.15) is 0 Å². The van der Waals surface area contributed by atoms with E-state index in [9.17, 15) is 0 Å². The molecule has 0 aromatic carbocycles. The maximum absolute atomic E-state index is 5.28. The van der Waals surface area contributed by atoms with Crippen LogP contribution in [0.2, 0.25) is 0 Å². The van der Waals surface area contributed by atoms with Crippen LogP contribution in [0.1, 0.15) is 11.3 Å². The van der Waals surface area contributed by atoms with Gasteiger partial charge in [-0.1, -0.05) is 11.8 Å². The van der Waals surface area contributed by atoms with E-state index in [1.807, 2.05) is 19.1 Å². The minimum absolute atomic E-state index is 0.654. The topological polar surface area (TPSA) is 77.0 Å². The van der Waals surface area contributed by atoms with E-state index in [2.05, 4.69) is 15.4 Å². The lowest BCUT2D eigenvalue weighted by atomic mass is 10.3. The SMILES string of the molecule is Cc1coc(SCc2ccnc(NN)c2)n1. The van der Waals surface area contributed by atoms with E-state index in [1.165, 1.54) is 11.8 Å². The summed E-state index contributed by atoms with van der Waals surface area (Å²) in [5.41, 5.74) is 4.52. The molecule has 3 N–H and O–H groups in total. The van der Waals surface area contributed by atoms with Crippen molar-refractivity contribution in [2.45, 2.75) is 17.9 Å². The molecule has 0 atom stereocenters. The first-order valence-electron chi connectivity index (χ1n) is 4.74. The lowest BCUT2D eigenvalue weighted by molar-refractivity contribution is 0.454. The van der Waals surface area contributed by atoms with E-state index >= 15 is 0 Å². The molecule has 2 rings (SSSR count). The molecule has 0 saturated heterocycles. The van der Waals surface area contributed by atoms with Crippen molar-refractivity contribution in [3.8, 4) is 0 Å². The Morgan fingerprint density at radius 3 is 3.12 bits per heavy atom. The normalized spacial score (nSPS) is 10.4. The fourth-order valence-electron chi connectivity index (χ4n) is 1.19. The number of aryl methyl sites for hydroxylation is 1. The van der Waals surface area contributed by atoms with Crippen LogP contribution in [0.25, 0.3) is 0 Å². The summed E-state index contributed by atoms with van der Waals surface area (Å²) in [5, 5.41) is 0.677. The molecule has 0 saturated carbocycles. The third kappa shape index (κ3) is 2.74. The molecule has 2 aromatic rings. The third-order valence-electron chi connectivity index (χ3n) is 1.93. The molecule has 16 heavy (non-hydrogen) atoms. The largest absolute Gasteiger partial charge is 0.440 e. The van der Waals surface area contributed by atoms with Crippen molar-refractivity contribution in [3.05, 3.63) is 35.9 Å². The van der Waals surface area contributed by atoms with Gasteiger partial charge in [0, 0.05) is 11.9 Å². The summed E-state index contributed by atoms with van der Waals surface area (Å²) >= 11 is 1.54. The molecule has 0 aliphatic rings. The lowest BCUT2D eigenvalue weighted by Crippen LogP contribution is -2.08. The zero-order chi connectivity index (χ0) is 11.4. The Morgan fingerprint density at radius 1 is 1.56 bits per heavy atom. The summed E-state index contributed by atoms with van der Waals surface area (Å²) in [6.07, 6.45) is 3.35. The first-order chi connectivity index (χ1) is 7.78. The number of nitrogens with two attached hydrogens (primary N) is 1. The predicted octanol–water partition coefficient (Wildman–Crippen LogP) is 1.96. The van der Waals surface area contributed by atoms with Crippen molar-refractivity contribution in [1.82, 2.24) is 9.97 Å². The standard InChI is InChI=1S/C10H12N4OS/c1-7-5-15-10(13-7)16-6-8-2-3-12-9(4-8)14-11/h2-5H,6,11H2,1H3,(H,12,14). The minimum Gasteiger partial charge on any atom is -0.440 e. The van der Waals surface area contributed by atoms with Gasteiger partial charge in [0.15, 0.2) is 0 Å². The van der Waals surface area contributed by atoms with Crippen LogP contribution in [-0.2, 0) is 5.75 Å². The number of hydrazine groups is 1. The molecule has 6 heteroatoms. The Hall–Kier alpha value is -1.53. The molecule has 0 radical (unpaired) electrons. The van der Waals surface area contributed by atoms with Gasteiger partial charge in [0.25, 0.3) is 5.22 Å². The quantitative estimate of drug-likeness (QED) is 0.480. The van der Waals surface area contributed by atoms with Crippen LogP contribution in [0, 0.1) is 6.92 Å². The highest BCUT2D eigenvalue weighted by molar-refractivity contribution is 7.98. The van der Waals surface area contributed by atoms with E-state index in [0.717, 1.165) is 17.0 Å². The molecule has 0 aliphatic heterocycles. The Morgan fingerprint density at radius 2 is 2.44 bits per heavy atom. The van der Waals surface area contributed by atoms with Gasteiger partial charge in [-0.3, -0.25) is 0 Å². The Bertz CT molecular complexity index is 471. The smallest absolute Gasteiger partial charge is 0.256 e. The van der Waals surface area contributed by atoms with Gasteiger partial charge in [0.2, 0.25) is 0 Å². The highest BCUT2D eigenvalue weighted by Crippen LogP contribution is 2.22. The van der Waals surface area contributed by atoms with Crippen LogP contribution in [0.3, 0.4) is 0 Å². The fourth-order valence-corrected chi connectivity index (χ4v) is 1.98. The second kappa shape index (κ2) is 5.00. The van der Waals surface area contributed by atoms with Crippen molar-refractivity contribution in [2.75, 3.05) is 5.43 Å². The first-order valence-corrected chi connectivity index (χ1v) is 5.73. The molecule has 0 unspecified atom stereocenters. The molecule has 0 amide bonds. The Kier molecular flexibility index (Phi) is 3.43. The van der Waals surface area contributed by atoms with Crippen LogP contribution in [0.4, 0.5) is 5.82 Å².